The van der Waals surface area contributed by atoms with E-state index in [1.807, 2.05) is 55.7 Å². The first-order valence-electron chi connectivity index (χ1n) is 7.23. The molecule has 1 aliphatic rings. The van der Waals surface area contributed by atoms with Crippen LogP contribution in [0, 0.1) is 0 Å². The molecule has 0 radical (unpaired) electrons. The van der Waals surface area contributed by atoms with Crippen molar-refractivity contribution < 1.29 is 9.47 Å². The second kappa shape index (κ2) is 6.83. The van der Waals surface area contributed by atoms with Crippen LogP contribution in [0.1, 0.15) is 5.56 Å². The molecule has 23 heavy (non-hydrogen) atoms. The van der Waals surface area contributed by atoms with Gasteiger partial charge in [-0.1, -0.05) is 24.3 Å². The Balaban J connectivity index is 1.87. The molecule has 0 atom stereocenters. The molecule has 0 aliphatic carbocycles. The summed E-state index contributed by atoms with van der Waals surface area (Å²) in [6.45, 7) is 0.497. The number of para-hydroxylation sites is 1. The molecule has 6 heteroatoms. The molecule has 2 aromatic rings. The third kappa shape index (κ3) is 3.60. The van der Waals surface area contributed by atoms with Crippen molar-refractivity contribution in [1.82, 2.24) is 9.78 Å². The number of anilines is 1. The van der Waals surface area contributed by atoms with E-state index in [4.69, 9.17) is 9.47 Å². The average molecular weight is 310 g/mol. The minimum absolute atomic E-state index is 0.497. The van der Waals surface area contributed by atoms with Crippen molar-refractivity contribution in [3.63, 3.8) is 0 Å². The van der Waals surface area contributed by atoms with Crippen molar-refractivity contribution in [2.24, 2.45) is 12.1 Å². The Kier molecular flexibility index (Phi) is 4.42. The summed E-state index contributed by atoms with van der Waals surface area (Å²) in [6.07, 6.45) is 9.46. The average Bonchev–Trinajstić information content (AvgIpc) is 3.00. The van der Waals surface area contributed by atoms with E-state index in [0.29, 0.717) is 12.5 Å². The van der Waals surface area contributed by atoms with E-state index >= 15 is 0 Å². The Morgan fingerprint density at radius 2 is 2.26 bits per heavy atom. The third-order valence-corrected chi connectivity index (χ3v) is 3.30. The number of hydrogen-bond donors (Lipinski definition) is 1. The molecular weight excluding hydrogens is 292 g/mol. The lowest BCUT2D eigenvalue weighted by molar-refractivity contribution is 0.346. The zero-order valence-electron chi connectivity index (χ0n) is 13.1. The number of aryl methyl sites for hydroxylation is 1. The second-order valence-electron chi connectivity index (χ2n) is 4.99. The summed E-state index contributed by atoms with van der Waals surface area (Å²) in [7, 11) is 3.51. The second-order valence-corrected chi connectivity index (χ2v) is 4.99. The molecule has 0 amide bonds. The molecule has 1 aromatic heterocycles. The fourth-order valence-corrected chi connectivity index (χ4v) is 2.21. The van der Waals surface area contributed by atoms with Crippen LogP contribution in [-0.2, 0) is 11.8 Å². The van der Waals surface area contributed by atoms with Gasteiger partial charge < -0.3 is 9.47 Å². The maximum Gasteiger partial charge on any atom is 0.238 e. The summed E-state index contributed by atoms with van der Waals surface area (Å²) in [6, 6.07) is 7.81. The van der Waals surface area contributed by atoms with E-state index in [2.05, 4.69) is 15.6 Å². The van der Waals surface area contributed by atoms with Crippen LogP contribution in [0.3, 0.4) is 0 Å². The molecule has 0 saturated carbocycles. The van der Waals surface area contributed by atoms with E-state index < -0.39 is 0 Å². The zero-order valence-corrected chi connectivity index (χ0v) is 13.1. The Labute approximate surface area is 134 Å². The van der Waals surface area contributed by atoms with Crippen molar-refractivity contribution in [2.45, 2.75) is 0 Å². The van der Waals surface area contributed by atoms with Crippen LogP contribution in [0.4, 0.5) is 5.69 Å². The monoisotopic (exact) mass is 310 g/mol. The molecule has 1 aliphatic heterocycles. The number of nitrogens with one attached hydrogen (secondary N) is 1. The van der Waals surface area contributed by atoms with Gasteiger partial charge in [0.15, 0.2) is 0 Å². The number of hydrazone groups is 1. The molecule has 2 heterocycles. The smallest absolute Gasteiger partial charge is 0.238 e. The predicted octanol–water partition coefficient (Wildman–Crippen LogP) is 2.82. The number of rotatable bonds is 4. The summed E-state index contributed by atoms with van der Waals surface area (Å²) >= 11 is 0. The van der Waals surface area contributed by atoms with E-state index in [1.165, 1.54) is 0 Å². The molecule has 1 N–H and O–H groups in total. The number of hydrogen-bond acceptors (Lipinski definition) is 5. The van der Waals surface area contributed by atoms with Gasteiger partial charge in [-0.05, 0) is 18.2 Å². The minimum Gasteiger partial charge on any atom is -0.496 e. The quantitative estimate of drug-likeness (QED) is 0.882. The first kappa shape index (κ1) is 14.9. The zero-order chi connectivity index (χ0) is 16.1. The van der Waals surface area contributed by atoms with Gasteiger partial charge in [-0.3, -0.25) is 10.1 Å². The Morgan fingerprint density at radius 1 is 1.39 bits per heavy atom. The van der Waals surface area contributed by atoms with Gasteiger partial charge in [0, 0.05) is 24.4 Å². The molecule has 1 aromatic carbocycles. The number of nitrogens with zero attached hydrogens (tertiary/aromatic N) is 3. The highest BCUT2D eigenvalue weighted by molar-refractivity contribution is 6.02. The van der Waals surface area contributed by atoms with E-state index in [-0.39, 0.29) is 0 Å². The lowest BCUT2D eigenvalue weighted by Gasteiger charge is -2.14. The normalized spacial score (nSPS) is 17.3. The topological polar surface area (TPSA) is 60.7 Å². The number of ether oxygens (including phenoxy) is 2. The summed E-state index contributed by atoms with van der Waals surface area (Å²) < 4.78 is 12.7. The molecule has 0 fully saturated rings. The van der Waals surface area contributed by atoms with Gasteiger partial charge in [-0.2, -0.15) is 5.10 Å². The number of aromatic nitrogens is 2. The van der Waals surface area contributed by atoms with E-state index in [0.717, 1.165) is 22.6 Å². The molecule has 118 valence electrons. The summed E-state index contributed by atoms with van der Waals surface area (Å²) in [5, 5.41) is 8.42. The Morgan fingerprint density at radius 3 is 3.04 bits per heavy atom. The van der Waals surface area contributed by atoms with Crippen molar-refractivity contribution in [3.8, 4) is 5.75 Å². The van der Waals surface area contributed by atoms with Gasteiger partial charge in [0.1, 0.15) is 12.4 Å². The summed E-state index contributed by atoms with van der Waals surface area (Å²) in [4.78, 5) is 0. The molecule has 3 rings (SSSR count). The standard InChI is InChI=1S/C17H18N4O2/c1-21-12-15(11-18-21)19-20-17-14(7-5-9-23-17)10-13-6-3-4-8-16(13)22-2/h3-8,10-12,19H,9H2,1-2H3. The van der Waals surface area contributed by atoms with Gasteiger partial charge >= 0.3 is 0 Å². The Bertz CT molecular complexity index is 774. The summed E-state index contributed by atoms with van der Waals surface area (Å²) in [5.74, 6) is 1.33. The molecule has 0 bridgehead atoms. The van der Waals surface area contributed by atoms with Gasteiger partial charge in [-0.15, -0.1) is 5.10 Å². The lowest BCUT2D eigenvalue weighted by Crippen LogP contribution is -2.13. The number of methoxy groups -OCH3 is 1. The lowest BCUT2D eigenvalue weighted by atomic mass is 10.1. The third-order valence-electron chi connectivity index (χ3n) is 3.30. The highest BCUT2D eigenvalue weighted by Crippen LogP contribution is 2.22. The Hall–Kier alpha value is -3.02. The predicted molar refractivity (Wildman–Crippen MR) is 90.3 cm³/mol. The van der Waals surface area contributed by atoms with Crippen LogP contribution < -0.4 is 10.2 Å². The highest BCUT2D eigenvalue weighted by Gasteiger charge is 2.12. The first-order valence-corrected chi connectivity index (χ1v) is 7.23. The molecular formula is C17H18N4O2. The van der Waals surface area contributed by atoms with Crippen LogP contribution in [0.5, 0.6) is 5.75 Å². The number of benzene rings is 1. The molecule has 0 unspecified atom stereocenters. The molecule has 0 spiro atoms. The first-order chi connectivity index (χ1) is 11.3. The van der Waals surface area contributed by atoms with Crippen molar-refractivity contribution in [3.05, 3.63) is 59.9 Å². The van der Waals surface area contributed by atoms with Gasteiger partial charge in [0.05, 0.1) is 19.0 Å². The van der Waals surface area contributed by atoms with Crippen LogP contribution in [-0.4, -0.2) is 29.4 Å². The van der Waals surface area contributed by atoms with Crippen LogP contribution in [0.15, 0.2) is 59.5 Å². The minimum atomic E-state index is 0.497. The van der Waals surface area contributed by atoms with Gasteiger partial charge in [0.25, 0.3) is 0 Å². The molecule has 6 nitrogen and oxygen atoms in total. The van der Waals surface area contributed by atoms with Gasteiger partial charge in [0.2, 0.25) is 5.90 Å². The maximum atomic E-state index is 5.63. The van der Waals surface area contributed by atoms with E-state index in [9.17, 15) is 0 Å². The van der Waals surface area contributed by atoms with Crippen LogP contribution in [0.2, 0.25) is 0 Å². The van der Waals surface area contributed by atoms with E-state index in [1.54, 1.807) is 18.0 Å². The van der Waals surface area contributed by atoms with Crippen molar-refractivity contribution in [1.29, 1.82) is 0 Å². The SMILES string of the molecule is COc1ccccc1C=C1C=CCOC1=NNc1cnn(C)c1. The maximum absolute atomic E-state index is 5.63. The summed E-state index contributed by atoms with van der Waals surface area (Å²) in [5.41, 5.74) is 5.59. The largest absolute Gasteiger partial charge is 0.496 e. The highest BCUT2D eigenvalue weighted by atomic mass is 16.5. The fourth-order valence-electron chi connectivity index (χ4n) is 2.21. The van der Waals surface area contributed by atoms with Crippen molar-refractivity contribution >= 4 is 17.7 Å². The van der Waals surface area contributed by atoms with Crippen LogP contribution >= 0.6 is 0 Å². The molecule has 0 saturated heterocycles. The van der Waals surface area contributed by atoms with Gasteiger partial charge in [-0.25, -0.2) is 0 Å². The van der Waals surface area contributed by atoms with Crippen molar-refractivity contribution in [2.75, 3.05) is 19.1 Å². The van der Waals surface area contributed by atoms with Crippen LogP contribution in [0.25, 0.3) is 6.08 Å². The fraction of sp³-hybridized carbons (Fsp3) is 0.176.